The molecule has 21 heteroatoms. The normalized spacial score (nSPS) is 28.7. The summed E-state index contributed by atoms with van der Waals surface area (Å²) in [5.74, 6) is -7.07. The number of hydrogen-bond acceptors (Lipinski definition) is 19. The molecule has 0 aromatic rings. The lowest BCUT2D eigenvalue weighted by Gasteiger charge is -2.46. The molecule has 2 fully saturated rings. The molecule has 0 aliphatic carbocycles. The Morgan fingerprint density at radius 2 is 0.700 bits per heavy atom. The molecule has 0 aromatic heterocycles. The van der Waals surface area contributed by atoms with Crippen molar-refractivity contribution in [3.8, 4) is 0 Å². The van der Waals surface area contributed by atoms with Crippen LogP contribution in [0.4, 0.5) is 4.79 Å². The Kier molecular flexibility index (Phi) is 15.3. The molecule has 0 bridgehead atoms. The maximum Gasteiger partial charge on any atom is 0.315 e. The monoisotopic (exact) mass is 720 g/mol. The Balaban J connectivity index is 2.58. The van der Waals surface area contributed by atoms with Gasteiger partial charge in [-0.05, 0) is 0 Å². The van der Waals surface area contributed by atoms with Gasteiger partial charge in [0.15, 0.2) is 24.4 Å². The summed E-state index contributed by atoms with van der Waals surface area (Å²) in [7, 11) is 0. The van der Waals surface area contributed by atoms with Crippen LogP contribution in [0.3, 0.4) is 0 Å². The molecule has 2 aliphatic rings. The van der Waals surface area contributed by atoms with Crippen LogP contribution in [0.15, 0.2) is 0 Å². The lowest BCUT2D eigenvalue weighted by atomic mass is 9.95. The second kappa shape index (κ2) is 18.6. The zero-order valence-corrected chi connectivity index (χ0v) is 28.4. The van der Waals surface area contributed by atoms with E-state index in [-0.39, 0.29) is 0 Å². The molecule has 0 saturated carbocycles. The lowest BCUT2D eigenvalue weighted by Crippen LogP contribution is -2.70. The van der Waals surface area contributed by atoms with Crippen molar-refractivity contribution in [3.63, 3.8) is 0 Å². The molecular formula is C29H40N2O19. The summed E-state index contributed by atoms with van der Waals surface area (Å²) >= 11 is 0. The van der Waals surface area contributed by atoms with Gasteiger partial charge in [-0.1, -0.05) is 0 Å². The van der Waals surface area contributed by atoms with Gasteiger partial charge in [-0.25, -0.2) is 4.79 Å². The molecule has 0 unspecified atom stereocenters. The summed E-state index contributed by atoms with van der Waals surface area (Å²) in [5.41, 5.74) is 0. The van der Waals surface area contributed by atoms with Gasteiger partial charge >= 0.3 is 53.8 Å². The number of amides is 2. The molecule has 2 amide bonds. The molecular weight excluding hydrogens is 680 g/mol. The number of nitrogens with one attached hydrogen (secondary N) is 2. The predicted molar refractivity (Wildman–Crippen MR) is 156 cm³/mol. The second-order valence-electron chi connectivity index (χ2n) is 10.9. The largest absolute Gasteiger partial charge is 0.463 e. The van der Waals surface area contributed by atoms with Crippen LogP contribution in [0.2, 0.25) is 0 Å². The lowest BCUT2D eigenvalue weighted by molar-refractivity contribution is -0.272. The molecule has 0 radical (unpaired) electrons. The molecule has 50 heavy (non-hydrogen) atoms. The third-order valence-electron chi connectivity index (χ3n) is 6.56. The number of ether oxygens (including phenoxy) is 10. The van der Waals surface area contributed by atoms with Gasteiger partial charge in [0.25, 0.3) is 0 Å². The maximum absolute atomic E-state index is 13.7. The highest BCUT2D eigenvalue weighted by Gasteiger charge is 2.55. The Morgan fingerprint density at radius 1 is 0.420 bits per heavy atom. The Hall–Kier alpha value is -5.05. The van der Waals surface area contributed by atoms with Crippen LogP contribution in [0.1, 0.15) is 55.4 Å². The van der Waals surface area contributed by atoms with Gasteiger partial charge in [0.1, 0.15) is 37.5 Å². The Morgan fingerprint density at radius 3 is 0.960 bits per heavy atom. The fourth-order valence-electron chi connectivity index (χ4n) is 4.98. The van der Waals surface area contributed by atoms with Crippen LogP contribution in [0.5, 0.6) is 0 Å². The zero-order chi connectivity index (χ0) is 37.9. The van der Waals surface area contributed by atoms with Gasteiger partial charge in [0.2, 0.25) is 12.6 Å². The summed E-state index contributed by atoms with van der Waals surface area (Å²) in [6.45, 7) is 7.03. The highest BCUT2D eigenvalue weighted by atomic mass is 16.7. The number of rotatable bonds is 12. The molecule has 2 N–H and O–H groups in total. The van der Waals surface area contributed by atoms with Crippen molar-refractivity contribution in [2.75, 3.05) is 13.2 Å². The summed E-state index contributed by atoms with van der Waals surface area (Å²) in [6.07, 6.45) is -12.7. The SMILES string of the molecule is CC(=O)OC[C@H]1O[C@H](OC(C)=O)[C@H](NC(=O)N[C@H]2[C@@H](OC(C)=O)O[C@H](COC(C)=O)[C@@H](OC(C)=O)[C@@H]2OC(C)=O)[C@@H](OC(C)=O)[C@@H]1OC(C)=O. The standard InChI is InChI=1S/C29H40N2O19/c1-11(32)41-9-19-23(43-13(3)34)25(45-15(5)36)21(27(49-19)47-17(7)38)30-29(40)31-22-26(46-16(6)37)24(44-14(4)35)20(10-42-12(2)33)50-28(22)48-18(8)39/h19-28H,9-10H2,1-8H3,(H2,30,31,40)/t19-,20-,21-,22-,23-,24-,25-,26-,27+,28+/m1/s1. The van der Waals surface area contributed by atoms with Crippen LogP contribution in [0, 0.1) is 0 Å². The summed E-state index contributed by atoms with van der Waals surface area (Å²) in [6, 6.07) is -4.55. The molecule has 10 atom stereocenters. The smallest absolute Gasteiger partial charge is 0.315 e. The Labute approximate surface area is 285 Å². The van der Waals surface area contributed by atoms with Crippen LogP contribution in [-0.4, -0.2) is 128 Å². The number of urea groups is 1. The van der Waals surface area contributed by atoms with Crippen molar-refractivity contribution < 1.29 is 90.5 Å². The molecule has 2 heterocycles. The van der Waals surface area contributed by atoms with Gasteiger partial charge in [0, 0.05) is 55.4 Å². The minimum atomic E-state index is -1.77. The minimum Gasteiger partial charge on any atom is -0.463 e. The van der Waals surface area contributed by atoms with Crippen LogP contribution in [-0.2, 0) is 85.7 Å². The first-order valence-corrected chi connectivity index (χ1v) is 15.0. The van der Waals surface area contributed by atoms with Crippen molar-refractivity contribution in [2.45, 2.75) is 117 Å². The minimum absolute atomic E-state index is 0.568. The molecule has 2 rings (SSSR count). The molecule has 2 aliphatic heterocycles. The van der Waals surface area contributed by atoms with E-state index in [4.69, 9.17) is 47.4 Å². The van der Waals surface area contributed by atoms with E-state index >= 15 is 0 Å². The first-order valence-electron chi connectivity index (χ1n) is 15.0. The highest BCUT2D eigenvalue weighted by Crippen LogP contribution is 2.30. The summed E-state index contributed by atoms with van der Waals surface area (Å²) in [5, 5.41) is 4.76. The molecule has 0 aromatic carbocycles. The second-order valence-corrected chi connectivity index (χ2v) is 10.9. The van der Waals surface area contributed by atoms with Crippen LogP contribution >= 0.6 is 0 Å². The van der Waals surface area contributed by atoms with E-state index in [9.17, 15) is 43.2 Å². The molecule has 21 nitrogen and oxygen atoms in total. The van der Waals surface area contributed by atoms with Crippen molar-refractivity contribution in [2.24, 2.45) is 0 Å². The quantitative estimate of drug-likeness (QED) is 0.171. The van der Waals surface area contributed by atoms with Gasteiger partial charge in [0.05, 0.1) is 0 Å². The maximum atomic E-state index is 13.7. The number of hydrogen-bond donors (Lipinski definition) is 2. The van der Waals surface area contributed by atoms with E-state index in [0.29, 0.717) is 0 Å². The van der Waals surface area contributed by atoms with Gasteiger partial charge in [-0.2, -0.15) is 0 Å². The van der Waals surface area contributed by atoms with E-state index in [1.165, 1.54) is 0 Å². The summed E-state index contributed by atoms with van der Waals surface area (Å²) < 4.78 is 53.4. The topological polar surface area (TPSA) is 270 Å². The fraction of sp³-hybridized carbons (Fsp3) is 0.690. The van der Waals surface area contributed by atoms with Crippen LogP contribution in [0.25, 0.3) is 0 Å². The summed E-state index contributed by atoms with van der Waals surface area (Å²) in [4.78, 5) is 110. The average molecular weight is 721 g/mol. The van der Waals surface area contributed by atoms with E-state index in [1.54, 1.807) is 0 Å². The molecule has 2 saturated heterocycles. The van der Waals surface area contributed by atoms with Crippen LogP contribution < -0.4 is 10.6 Å². The number of esters is 8. The third kappa shape index (κ3) is 12.8. The predicted octanol–water partition coefficient (Wildman–Crippen LogP) is -1.55. The van der Waals surface area contributed by atoms with Crippen molar-refractivity contribution in [3.05, 3.63) is 0 Å². The Bertz CT molecular complexity index is 1220. The van der Waals surface area contributed by atoms with Gasteiger partial charge < -0.3 is 58.0 Å². The van der Waals surface area contributed by atoms with E-state index in [0.717, 1.165) is 55.4 Å². The van der Waals surface area contributed by atoms with Gasteiger partial charge in [-0.15, -0.1) is 0 Å². The molecule has 0 spiro atoms. The first kappa shape index (κ1) is 41.1. The third-order valence-corrected chi connectivity index (χ3v) is 6.56. The highest BCUT2D eigenvalue weighted by molar-refractivity contribution is 5.76. The average Bonchev–Trinajstić information content (AvgIpc) is 2.95. The van der Waals surface area contributed by atoms with Crippen molar-refractivity contribution in [1.82, 2.24) is 10.6 Å². The fourth-order valence-corrected chi connectivity index (χ4v) is 4.98. The zero-order valence-electron chi connectivity index (χ0n) is 28.4. The van der Waals surface area contributed by atoms with Gasteiger partial charge in [-0.3, -0.25) is 38.4 Å². The molecule has 280 valence electrons. The van der Waals surface area contributed by atoms with Crippen molar-refractivity contribution >= 4 is 53.8 Å². The first-order chi connectivity index (χ1) is 23.3. The van der Waals surface area contributed by atoms with Crippen molar-refractivity contribution in [1.29, 1.82) is 0 Å². The number of carbonyl (C=O) groups excluding carboxylic acids is 9. The van der Waals surface area contributed by atoms with E-state index in [2.05, 4.69) is 10.6 Å². The van der Waals surface area contributed by atoms with E-state index < -0.39 is 128 Å². The number of carbonyl (C=O) groups is 9. The van der Waals surface area contributed by atoms with E-state index in [1.807, 2.05) is 0 Å².